The molecule has 2 N–H and O–H groups in total. The quantitative estimate of drug-likeness (QED) is 0.849. The Morgan fingerprint density at radius 1 is 1.24 bits per heavy atom. The molecule has 0 radical (unpaired) electrons. The first-order valence-electron chi connectivity index (χ1n) is 6.61. The summed E-state index contributed by atoms with van der Waals surface area (Å²) in [7, 11) is 0. The summed E-state index contributed by atoms with van der Waals surface area (Å²) in [5.41, 5.74) is 7.78. The third-order valence-electron chi connectivity index (χ3n) is 3.87. The molecule has 1 aliphatic carbocycles. The Bertz CT molecular complexity index is 406. The summed E-state index contributed by atoms with van der Waals surface area (Å²) in [4.78, 5) is 11.4. The monoisotopic (exact) mass is 232 g/mol. The van der Waals surface area contributed by atoms with Crippen LogP contribution in [0.1, 0.15) is 44.2 Å². The highest BCUT2D eigenvalue weighted by molar-refractivity contribution is 5.48. The molecule has 0 bridgehead atoms. The van der Waals surface area contributed by atoms with Crippen molar-refractivity contribution >= 4 is 11.6 Å². The molecule has 0 unspecified atom stereocenters. The van der Waals surface area contributed by atoms with Gasteiger partial charge in [-0.15, -0.1) is 0 Å². The van der Waals surface area contributed by atoms with Gasteiger partial charge in [-0.25, -0.2) is 9.97 Å². The van der Waals surface area contributed by atoms with E-state index in [1.807, 2.05) is 0 Å². The summed E-state index contributed by atoms with van der Waals surface area (Å²) in [6.45, 7) is 4.47. The number of nitrogen functional groups attached to an aromatic ring is 1. The van der Waals surface area contributed by atoms with Gasteiger partial charge >= 0.3 is 0 Å². The molecule has 0 amide bonds. The van der Waals surface area contributed by atoms with E-state index >= 15 is 0 Å². The molecule has 0 spiro atoms. The summed E-state index contributed by atoms with van der Waals surface area (Å²) in [6.07, 6.45) is 6.74. The van der Waals surface area contributed by atoms with Crippen molar-refractivity contribution in [3.63, 3.8) is 0 Å². The van der Waals surface area contributed by atoms with Crippen molar-refractivity contribution in [2.75, 3.05) is 23.7 Å². The molecule has 1 saturated heterocycles. The second-order valence-electron chi connectivity index (χ2n) is 5.45. The Balaban J connectivity index is 1.80. The predicted molar refractivity (Wildman–Crippen MR) is 69.0 cm³/mol. The van der Waals surface area contributed by atoms with Crippen LogP contribution in [0, 0.1) is 5.92 Å². The van der Waals surface area contributed by atoms with Crippen LogP contribution < -0.4 is 10.6 Å². The molecule has 1 saturated carbocycles. The van der Waals surface area contributed by atoms with Crippen LogP contribution in [-0.4, -0.2) is 23.1 Å². The van der Waals surface area contributed by atoms with Crippen LogP contribution in [0.2, 0.25) is 0 Å². The molecule has 92 valence electrons. The van der Waals surface area contributed by atoms with E-state index in [1.165, 1.54) is 25.7 Å². The number of rotatable bonds is 2. The highest BCUT2D eigenvalue weighted by Crippen LogP contribution is 2.41. The SMILES string of the molecule is CC1CCN(c2ncc(N)c(C3CC3)n2)CC1. The lowest BCUT2D eigenvalue weighted by molar-refractivity contribution is 0.434. The van der Waals surface area contributed by atoms with Crippen LogP contribution in [0.15, 0.2) is 6.20 Å². The molecule has 2 heterocycles. The van der Waals surface area contributed by atoms with E-state index < -0.39 is 0 Å². The van der Waals surface area contributed by atoms with Crippen LogP contribution >= 0.6 is 0 Å². The number of piperidine rings is 1. The minimum absolute atomic E-state index is 0.598. The van der Waals surface area contributed by atoms with Gasteiger partial charge in [-0.2, -0.15) is 0 Å². The molecule has 2 aliphatic rings. The lowest BCUT2D eigenvalue weighted by Crippen LogP contribution is -2.34. The van der Waals surface area contributed by atoms with E-state index in [9.17, 15) is 0 Å². The van der Waals surface area contributed by atoms with Crippen LogP contribution in [0.25, 0.3) is 0 Å². The third kappa shape index (κ3) is 2.21. The highest BCUT2D eigenvalue weighted by Gasteiger charge is 2.28. The van der Waals surface area contributed by atoms with Gasteiger partial charge in [-0.05, 0) is 31.6 Å². The Morgan fingerprint density at radius 2 is 1.94 bits per heavy atom. The summed E-state index contributed by atoms with van der Waals surface area (Å²) >= 11 is 0. The molecule has 1 aliphatic heterocycles. The smallest absolute Gasteiger partial charge is 0.225 e. The van der Waals surface area contributed by atoms with Crippen molar-refractivity contribution in [2.24, 2.45) is 5.92 Å². The van der Waals surface area contributed by atoms with Crippen LogP contribution in [0.5, 0.6) is 0 Å². The van der Waals surface area contributed by atoms with Crippen molar-refractivity contribution in [1.29, 1.82) is 0 Å². The normalized spacial score (nSPS) is 21.8. The third-order valence-corrected chi connectivity index (χ3v) is 3.87. The van der Waals surface area contributed by atoms with E-state index in [0.29, 0.717) is 5.92 Å². The van der Waals surface area contributed by atoms with E-state index in [0.717, 1.165) is 36.3 Å². The molecule has 0 atom stereocenters. The largest absolute Gasteiger partial charge is 0.396 e. The zero-order valence-electron chi connectivity index (χ0n) is 10.4. The lowest BCUT2D eigenvalue weighted by Gasteiger charge is -2.30. The van der Waals surface area contributed by atoms with Gasteiger partial charge in [0.1, 0.15) is 0 Å². The zero-order chi connectivity index (χ0) is 11.8. The van der Waals surface area contributed by atoms with Gasteiger partial charge in [-0.3, -0.25) is 0 Å². The molecular weight excluding hydrogens is 212 g/mol. The van der Waals surface area contributed by atoms with Crippen molar-refractivity contribution < 1.29 is 0 Å². The number of nitrogens with zero attached hydrogens (tertiary/aromatic N) is 3. The van der Waals surface area contributed by atoms with Gasteiger partial charge in [-0.1, -0.05) is 6.92 Å². The second-order valence-corrected chi connectivity index (χ2v) is 5.45. The first-order chi connectivity index (χ1) is 8.24. The van der Waals surface area contributed by atoms with E-state index in [1.54, 1.807) is 6.20 Å². The maximum Gasteiger partial charge on any atom is 0.225 e. The van der Waals surface area contributed by atoms with Crippen molar-refractivity contribution in [2.45, 2.75) is 38.5 Å². The van der Waals surface area contributed by atoms with Gasteiger partial charge in [0.2, 0.25) is 5.95 Å². The number of nitrogens with two attached hydrogens (primary N) is 1. The van der Waals surface area contributed by atoms with Crippen LogP contribution in [0.3, 0.4) is 0 Å². The second kappa shape index (κ2) is 4.17. The van der Waals surface area contributed by atoms with Crippen molar-refractivity contribution in [3.05, 3.63) is 11.9 Å². The summed E-state index contributed by atoms with van der Waals surface area (Å²) in [5, 5.41) is 0. The molecule has 4 nitrogen and oxygen atoms in total. The van der Waals surface area contributed by atoms with Gasteiger partial charge < -0.3 is 10.6 Å². The lowest BCUT2D eigenvalue weighted by atomic mass is 10.00. The summed E-state index contributed by atoms with van der Waals surface area (Å²) in [5.74, 6) is 2.32. The summed E-state index contributed by atoms with van der Waals surface area (Å²) < 4.78 is 0. The van der Waals surface area contributed by atoms with Crippen LogP contribution in [-0.2, 0) is 0 Å². The number of aromatic nitrogens is 2. The average Bonchev–Trinajstić information content (AvgIpc) is 3.15. The molecule has 4 heteroatoms. The van der Waals surface area contributed by atoms with Gasteiger partial charge in [0.05, 0.1) is 17.6 Å². The fourth-order valence-corrected chi connectivity index (χ4v) is 2.44. The van der Waals surface area contributed by atoms with E-state index in [-0.39, 0.29) is 0 Å². The number of hydrogen-bond donors (Lipinski definition) is 1. The van der Waals surface area contributed by atoms with Crippen molar-refractivity contribution in [3.8, 4) is 0 Å². The van der Waals surface area contributed by atoms with Gasteiger partial charge in [0.25, 0.3) is 0 Å². The molecule has 0 aromatic carbocycles. The maximum atomic E-state index is 5.94. The number of hydrogen-bond acceptors (Lipinski definition) is 4. The molecule has 1 aromatic heterocycles. The Morgan fingerprint density at radius 3 is 2.59 bits per heavy atom. The predicted octanol–water partition coefficient (Wildman–Crippen LogP) is 2.17. The molecule has 2 fully saturated rings. The fourth-order valence-electron chi connectivity index (χ4n) is 2.44. The minimum Gasteiger partial charge on any atom is -0.396 e. The standard InChI is InChI=1S/C13H20N4/c1-9-4-6-17(7-5-9)13-15-8-11(14)12(16-13)10-2-3-10/h8-10H,2-7,14H2,1H3. The Kier molecular flexibility index (Phi) is 2.65. The summed E-state index contributed by atoms with van der Waals surface area (Å²) in [6, 6.07) is 0. The highest BCUT2D eigenvalue weighted by atomic mass is 15.3. The zero-order valence-corrected chi connectivity index (χ0v) is 10.4. The molecule has 1 aromatic rings. The first kappa shape index (κ1) is 10.8. The fraction of sp³-hybridized carbons (Fsp3) is 0.692. The van der Waals surface area contributed by atoms with E-state index in [2.05, 4.69) is 21.8 Å². The maximum absolute atomic E-state index is 5.94. The van der Waals surface area contributed by atoms with E-state index in [4.69, 9.17) is 5.73 Å². The average molecular weight is 232 g/mol. The van der Waals surface area contributed by atoms with Crippen LogP contribution in [0.4, 0.5) is 11.6 Å². The molecular formula is C13H20N4. The van der Waals surface area contributed by atoms with Gasteiger partial charge in [0, 0.05) is 19.0 Å². The number of anilines is 2. The molecule has 3 rings (SSSR count). The topological polar surface area (TPSA) is 55.0 Å². The van der Waals surface area contributed by atoms with Gasteiger partial charge in [0.15, 0.2) is 0 Å². The van der Waals surface area contributed by atoms with Crippen molar-refractivity contribution in [1.82, 2.24) is 9.97 Å². The first-order valence-corrected chi connectivity index (χ1v) is 6.61. The Labute approximate surface area is 102 Å². The Hall–Kier alpha value is -1.32. The molecule has 17 heavy (non-hydrogen) atoms. The minimum atomic E-state index is 0.598.